The van der Waals surface area contributed by atoms with E-state index < -0.39 is 6.04 Å². The summed E-state index contributed by atoms with van der Waals surface area (Å²) >= 11 is 0. The van der Waals surface area contributed by atoms with E-state index in [1.165, 1.54) is 0 Å². The Labute approximate surface area is 103 Å². The first-order valence-electron chi connectivity index (χ1n) is 6.30. The third kappa shape index (κ3) is 2.97. The van der Waals surface area contributed by atoms with Gasteiger partial charge in [-0.15, -0.1) is 0 Å². The summed E-state index contributed by atoms with van der Waals surface area (Å²) in [6, 6.07) is -0.826. The van der Waals surface area contributed by atoms with E-state index in [4.69, 9.17) is 5.73 Å². The molecular weight excluding hydrogens is 218 g/mol. The molecule has 0 bridgehead atoms. The molecule has 1 saturated heterocycles. The van der Waals surface area contributed by atoms with Gasteiger partial charge in [0.1, 0.15) is 6.04 Å². The maximum atomic E-state index is 12.2. The summed E-state index contributed by atoms with van der Waals surface area (Å²) in [5, 5.41) is 2.60. The number of hydrogen-bond donors (Lipinski definition) is 2. The van der Waals surface area contributed by atoms with Crippen molar-refractivity contribution in [2.75, 3.05) is 13.6 Å². The Morgan fingerprint density at radius 1 is 1.53 bits per heavy atom. The maximum Gasteiger partial charge on any atom is 0.242 e. The van der Waals surface area contributed by atoms with Crippen molar-refractivity contribution in [1.82, 2.24) is 10.2 Å². The quantitative estimate of drug-likeness (QED) is 0.733. The van der Waals surface area contributed by atoms with Gasteiger partial charge in [-0.25, -0.2) is 0 Å². The fourth-order valence-electron chi connectivity index (χ4n) is 2.16. The molecule has 1 aliphatic heterocycles. The lowest BCUT2D eigenvalue weighted by atomic mass is 9.98. The van der Waals surface area contributed by atoms with Gasteiger partial charge in [0.15, 0.2) is 0 Å². The largest absolute Gasteiger partial charge is 0.357 e. The molecule has 3 N–H and O–H groups in total. The number of carbonyl (C=O) groups is 2. The summed E-state index contributed by atoms with van der Waals surface area (Å²) in [4.78, 5) is 25.5. The predicted octanol–water partition coefficient (Wildman–Crippen LogP) is 0.0968. The number of likely N-dealkylation sites (tertiary alicyclic amines) is 1. The van der Waals surface area contributed by atoms with Crippen molar-refractivity contribution in [2.45, 2.75) is 45.2 Å². The first-order chi connectivity index (χ1) is 8.02. The van der Waals surface area contributed by atoms with Crippen LogP contribution in [0.4, 0.5) is 0 Å². The predicted molar refractivity (Wildman–Crippen MR) is 66.2 cm³/mol. The number of hydrogen-bond acceptors (Lipinski definition) is 3. The molecule has 1 rings (SSSR count). The monoisotopic (exact) mass is 241 g/mol. The van der Waals surface area contributed by atoms with Gasteiger partial charge in [0.2, 0.25) is 11.8 Å². The molecule has 0 radical (unpaired) electrons. The lowest BCUT2D eigenvalue weighted by molar-refractivity contribution is -0.140. The zero-order chi connectivity index (χ0) is 13.0. The van der Waals surface area contributed by atoms with E-state index in [1.807, 2.05) is 13.8 Å². The summed E-state index contributed by atoms with van der Waals surface area (Å²) in [6.45, 7) is 4.62. The molecule has 0 aromatic heterocycles. The highest BCUT2D eigenvalue weighted by Gasteiger charge is 2.36. The van der Waals surface area contributed by atoms with Crippen LogP contribution >= 0.6 is 0 Å². The molecule has 1 heterocycles. The Balaban J connectivity index is 2.71. The lowest BCUT2D eigenvalue weighted by Crippen LogP contribution is -2.52. The van der Waals surface area contributed by atoms with E-state index in [1.54, 1.807) is 11.9 Å². The van der Waals surface area contributed by atoms with Crippen LogP contribution in [0.2, 0.25) is 0 Å². The number of nitrogens with zero attached hydrogens (tertiary/aromatic N) is 1. The number of rotatable bonds is 4. The van der Waals surface area contributed by atoms with Crippen molar-refractivity contribution < 1.29 is 9.59 Å². The minimum absolute atomic E-state index is 0.0906. The molecule has 5 heteroatoms. The van der Waals surface area contributed by atoms with Crippen LogP contribution < -0.4 is 11.1 Å². The van der Waals surface area contributed by atoms with E-state index in [-0.39, 0.29) is 23.8 Å². The number of nitrogens with one attached hydrogen (secondary N) is 1. The van der Waals surface area contributed by atoms with Gasteiger partial charge in [-0.3, -0.25) is 9.59 Å². The van der Waals surface area contributed by atoms with Gasteiger partial charge in [0, 0.05) is 13.6 Å². The van der Waals surface area contributed by atoms with Gasteiger partial charge in [-0.2, -0.15) is 0 Å². The van der Waals surface area contributed by atoms with Crippen LogP contribution in [0.3, 0.4) is 0 Å². The summed E-state index contributed by atoms with van der Waals surface area (Å²) < 4.78 is 0. The molecule has 0 aliphatic carbocycles. The van der Waals surface area contributed by atoms with Crippen LogP contribution in [0.5, 0.6) is 0 Å². The van der Waals surface area contributed by atoms with Gasteiger partial charge >= 0.3 is 0 Å². The fraction of sp³-hybridized carbons (Fsp3) is 0.833. The van der Waals surface area contributed by atoms with Crippen molar-refractivity contribution in [1.29, 1.82) is 0 Å². The minimum Gasteiger partial charge on any atom is -0.357 e. The van der Waals surface area contributed by atoms with E-state index in [9.17, 15) is 9.59 Å². The Kier molecular flexibility index (Phi) is 4.93. The van der Waals surface area contributed by atoms with Crippen LogP contribution in [0.1, 0.15) is 33.1 Å². The van der Waals surface area contributed by atoms with Gasteiger partial charge in [0.05, 0.1) is 6.04 Å². The zero-order valence-corrected chi connectivity index (χ0v) is 10.9. The van der Waals surface area contributed by atoms with E-state index in [0.717, 1.165) is 19.3 Å². The molecular formula is C12H23N3O2. The van der Waals surface area contributed by atoms with Crippen LogP contribution in [-0.2, 0) is 9.59 Å². The number of amides is 2. The summed E-state index contributed by atoms with van der Waals surface area (Å²) in [6.07, 6.45) is 2.47. The number of nitrogens with two attached hydrogens (primary N) is 1. The molecule has 0 aromatic carbocycles. The van der Waals surface area contributed by atoms with Crippen LogP contribution in [0.25, 0.3) is 0 Å². The van der Waals surface area contributed by atoms with Gasteiger partial charge < -0.3 is 16.0 Å². The first-order valence-corrected chi connectivity index (χ1v) is 6.30. The minimum atomic E-state index is -0.495. The van der Waals surface area contributed by atoms with E-state index in [2.05, 4.69) is 5.32 Å². The average molecular weight is 241 g/mol. The van der Waals surface area contributed by atoms with Gasteiger partial charge in [0.25, 0.3) is 0 Å². The molecule has 3 unspecified atom stereocenters. The molecule has 1 fully saturated rings. The zero-order valence-electron chi connectivity index (χ0n) is 10.9. The Morgan fingerprint density at radius 3 is 2.71 bits per heavy atom. The highest BCUT2D eigenvalue weighted by Crippen LogP contribution is 2.20. The lowest BCUT2D eigenvalue weighted by Gasteiger charge is -2.28. The van der Waals surface area contributed by atoms with Crippen LogP contribution in [0.15, 0.2) is 0 Å². The second-order valence-electron chi connectivity index (χ2n) is 4.72. The van der Waals surface area contributed by atoms with Crippen molar-refractivity contribution in [3.63, 3.8) is 0 Å². The Hall–Kier alpha value is -1.10. The SMILES string of the molecule is CCC(C)C(N)C(=O)N1CCCC1C(=O)NC. The maximum absolute atomic E-state index is 12.2. The van der Waals surface area contributed by atoms with Crippen LogP contribution in [0, 0.1) is 5.92 Å². The highest BCUT2D eigenvalue weighted by atomic mass is 16.2. The molecule has 17 heavy (non-hydrogen) atoms. The summed E-state index contributed by atoms with van der Waals surface area (Å²) in [5.74, 6) is -0.0360. The second-order valence-corrected chi connectivity index (χ2v) is 4.72. The fourth-order valence-corrected chi connectivity index (χ4v) is 2.16. The van der Waals surface area contributed by atoms with Crippen molar-refractivity contribution in [3.05, 3.63) is 0 Å². The second kappa shape index (κ2) is 6.00. The summed E-state index contributed by atoms with van der Waals surface area (Å²) in [7, 11) is 1.60. The third-order valence-electron chi connectivity index (χ3n) is 3.63. The molecule has 1 aliphatic rings. The normalized spacial score (nSPS) is 23.3. The van der Waals surface area contributed by atoms with E-state index in [0.29, 0.717) is 6.54 Å². The number of likely N-dealkylation sites (N-methyl/N-ethyl adjacent to an activating group) is 1. The Bertz CT molecular complexity index is 293. The first kappa shape index (κ1) is 14.0. The van der Waals surface area contributed by atoms with Crippen molar-refractivity contribution in [3.8, 4) is 0 Å². The topological polar surface area (TPSA) is 75.4 Å². The standard InChI is InChI=1S/C12H23N3O2/c1-4-8(2)10(13)12(17)15-7-5-6-9(15)11(16)14-3/h8-10H,4-7,13H2,1-3H3,(H,14,16). The summed E-state index contributed by atoms with van der Waals surface area (Å²) in [5.41, 5.74) is 5.93. The van der Waals surface area contributed by atoms with Crippen molar-refractivity contribution in [2.24, 2.45) is 11.7 Å². The smallest absolute Gasteiger partial charge is 0.242 e. The van der Waals surface area contributed by atoms with Crippen molar-refractivity contribution >= 4 is 11.8 Å². The molecule has 0 aromatic rings. The molecule has 3 atom stereocenters. The molecule has 0 spiro atoms. The number of carbonyl (C=O) groups excluding carboxylic acids is 2. The molecule has 98 valence electrons. The molecule has 2 amide bonds. The van der Waals surface area contributed by atoms with Gasteiger partial charge in [-0.05, 0) is 18.8 Å². The average Bonchev–Trinajstić information content (AvgIpc) is 2.83. The molecule has 5 nitrogen and oxygen atoms in total. The Morgan fingerprint density at radius 2 is 2.18 bits per heavy atom. The molecule has 0 saturated carbocycles. The third-order valence-corrected chi connectivity index (χ3v) is 3.63. The van der Waals surface area contributed by atoms with Gasteiger partial charge in [-0.1, -0.05) is 20.3 Å². The van der Waals surface area contributed by atoms with E-state index >= 15 is 0 Å². The van der Waals surface area contributed by atoms with Crippen LogP contribution in [-0.4, -0.2) is 42.4 Å². The highest BCUT2D eigenvalue weighted by molar-refractivity contribution is 5.90.